The molecule has 4 heterocycles. The molecule has 2 aromatic heterocycles. The number of halogens is 3. The number of aryl methyl sites for hydroxylation is 1. The van der Waals surface area contributed by atoms with Crippen LogP contribution in [0.1, 0.15) is 17.9 Å². The van der Waals surface area contributed by atoms with Crippen LogP contribution < -0.4 is 10.1 Å². The highest BCUT2D eigenvalue weighted by Crippen LogP contribution is 2.42. The lowest BCUT2D eigenvalue weighted by molar-refractivity contribution is -0.192. The first-order chi connectivity index (χ1) is 15.1. The van der Waals surface area contributed by atoms with E-state index in [1.54, 1.807) is 6.20 Å². The summed E-state index contributed by atoms with van der Waals surface area (Å²) in [5.74, 6) is 0.0365. The molecule has 1 amide bonds. The highest BCUT2D eigenvalue weighted by Gasteiger charge is 2.54. The number of nitrogens with one attached hydrogen (secondary N) is 1. The number of hydrogen-bond acceptors (Lipinski definition) is 6. The number of alkyl halides is 3. The number of aliphatic carboxylic acids is 1. The first-order valence-corrected chi connectivity index (χ1v) is 10.00. The van der Waals surface area contributed by atoms with Gasteiger partial charge in [-0.05, 0) is 38.1 Å². The zero-order chi connectivity index (χ0) is 23.4. The van der Waals surface area contributed by atoms with Gasteiger partial charge >= 0.3 is 12.1 Å². The van der Waals surface area contributed by atoms with Gasteiger partial charge in [0.1, 0.15) is 11.5 Å². The van der Waals surface area contributed by atoms with Gasteiger partial charge in [0.15, 0.2) is 0 Å². The Labute approximate surface area is 182 Å². The molecular weight excluding hydrogens is 431 g/mol. The molecule has 0 unspecified atom stereocenters. The third kappa shape index (κ3) is 5.58. The van der Waals surface area contributed by atoms with Crippen molar-refractivity contribution in [2.24, 2.45) is 11.3 Å². The second-order valence-corrected chi connectivity index (χ2v) is 7.82. The Morgan fingerprint density at radius 3 is 2.72 bits per heavy atom. The van der Waals surface area contributed by atoms with Crippen molar-refractivity contribution in [1.82, 2.24) is 15.2 Å². The number of carbonyl (C=O) groups is 2. The van der Waals surface area contributed by atoms with Crippen LogP contribution in [0.3, 0.4) is 0 Å². The number of carboxylic acid groups (broad SMARTS) is 1. The largest absolute Gasteiger partial charge is 0.490 e. The number of furan rings is 1. The summed E-state index contributed by atoms with van der Waals surface area (Å²) in [6.07, 6.45) is -2.51. The van der Waals surface area contributed by atoms with Gasteiger partial charge < -0.3 is 19.6 Å². The summed E-state index contributed by atoms with van der Waals surface area (Å²) in [7, 11) is 0. The zero-order valence-corrected chi connectivity index (χ0v) is 17.4. The van der Waals surface area contributed by atoms with Gasteiger partial charge in [0.2, 0.25) is 11.8 Å². The van der Waals surface area contributed by atoms with E-state index in [9.17, 15) is 18.0 Å². The lowest BCUT2D eigenvalue weighted by Gasteiger charge is -2.28. The van der Waals surface area contributed by atoms with E-state index in [1.807, 2.05) is 37.3 Å². The Balaban J connectivity index is 0.000000360. The van der Waals surface area contributed by atoms with Crippen LogP contribution in [0.5, 0.6) is 5.88 Å². The van der Waals surface area contributed by atoms with Gasteiger partial charge in [0, 0.05) is 31.3 Å². The van der Waals surface area contributed by atoms with E-state index in [2.05, 4.69) is 15.2 Å². The number of carbonyl (C=O) groups excluding carboxylic acids is 1. The summed E-state index contributed by atoms with van der Waals surface area (Å²) < 4.78 is 43.3. The number of amides is 1. The molecule has 1 spiro atoms. The Morgan fingerprint density at radius 2 is 2.12 bits per heavy atom. The molecule has 0 bridgehead atoms. The Morgan fingerprint density at radius 1 is 1.38 bits per heavy atom. The molecule has 174 valence electrons. The van der Waals surface area contributed by atoms with Crippen molar-refractivity contribution in [3.05, 3.63) is 48.0 Å². The van der Waals surface area contributed by atoms with Crippen molar-refractivity contribution in [2.45, 2.75) is 26.1 Å². The molecular formula is C21H24F3N3O5. The average molecular weight is 455 g/mol. The number of carboxylic acids is 1. The van der Waals surface area contributed by atoms with Crippen LogP contribution >= 0.6 is 0 Å². The molecule has 2 atom stereocenters. The molecule has 0 aliphatic carbocycles. The third-order valence-corrected chi connectivity index (χ3v) is 5.61. The summed E-state index contributed by atoms with van der Waals surface area (Å²) in [5, 5.41) is 10.2. The van der Waals surface area contributed by atoms with E-state index in [1.165, 1.54) is 0 Å². The van der Waals surface area contributed by atoms with Crippen molar-refractivity contribution in [1.29, 1.82) is 0 Å². The van der Waals surface area contributed by atoms with Gasteiger partial charge in [-0.25, -0.2) is 9.78 Å². The number of rotatable bonds is 5. The molecule has 11 heteroatoms. The van der Waals surface area contributed by atoms with Crippen LogP contribution in [0.15, 0.2) is 40.9 Å². The Kier molecular flexibility index (Phi) is 7.07. The second-order valence-electron chi connectivity index (χ2n) is 7.82. The molecule has 2 aliphatic rings. The first-order valence-electron chi connectivity index (χ1n) is 10.00. The molecule has 4 rings (SSSR count). The van der Waals surface area contributed by atoms with E-state index in [4.69, 9.17) is 19.1 Å². The summed E-state index contributed by atoms with van der Waals surface area (Å²) in [5.41, 5.74) is -0.365. The lowest BCUT2D eigenvalue weighted by Crippen LogP contribution is -2.40. The van der Waals surface area contributed by atoms with E-state index >= 15 is 0 Å². The van der Waals surface area contributed by atoms with E-state index < -0.39 is 12.1 Å². The van der Waals surface area contributed by atoms with E-state index in [0.29, 0.717) is 19.0 Å². The maximum Gasteiger partial charge on any atom is 0.490 e. The van der Waals surface area contributed by atoms with Gasteiger partial charge in [0.25, 0.3) is 0 Å². The molecule has 2 N–H and O–H groups in total. The van der Waals surface area contributed by atoms with Gasteiger partial charge in [-0.3, -0.25) is 9.69 Å². The fraction of sp³-hybridized carbons (Fsp3) is 0.476. The lowest BCUT2D eigenvalue weighted by atomic mass is 9.77. The van der Waals surface area contributed by atoms with E-state index in [-0.39, 0.29) is 17.2 Å². The molecule has 32 heavy (non-hydrogen) atoms. The topological polar surface area (TPSA) is 105 Å². The third-order valence-electron chi connectivity index (χ3n) is 5.61. The SMILES string of the molecule is Cc1ccc(CN2CC[C@]3(C2)C(=O)NC[C@H]3COc2ccccn2)o1.O=C(O)C(F)(F)F. The highest BCUT2D eigenvalue weighted by molar-refractivity contribution is 5.86. The minimum Gasteiger partial charge on any atom is -0.477 e. The predicted octanol–water partition coefficient (Wildman–Crippen LogP) is 2.63. The summed E-state index contributed by atoms with van der Waals surface area (Å²) in [6.45, 7) is 5.51. The van der Waals surface area contributed by atoms with Crippen LogP contribution in [0.2, 0.25) is 0 Å². The first kappa shape index (κ1) is 23.6. The summed E-state index contributed by atoms with van der Waals surface area (Å²) >= 11 is 0. The molecule has 2 aromatic rings. The fourth-order valence-electron chi connectivity index (χ4n) is 3.97. The average Bonchev–Trinajstić information content (AvgIpc) is 3.43. The molecule has 8 nitrogen and oxygen atoms in total. The second kappa shape index (κ2) is 9.60. The minimum absolute atomic E-state index is 0.153. The number of nitrogens with zero attached hydrogens (tertiary/aromatic N) is 2. The fourth-order valence-corrected chi connectivity index (χ4v) is 3.97. The Bertz CT molecular complexity index is 934. The summed E-state index contributed by atoms with van der Waals surface area (Å²) in [6, 6.07) is 9.60. The molecule has 2 saturated heterocycles. The van der Waals surface area contributed by atoms with Gasteiger partial charge in [-0.1, -0.05) is 6.07 Å². The van der Waals surface area contributed by atoms with Crippen molar-refractivity contribution in [3.8, 4) is 5.88 Å². The number of likely N-dealkylation sites (tertiary alicyclic amines) is 1. The van der Waals surface area contributed by atoms with Crippen LogP contribution in [0, 0.1) is 18.3 Å². The minimum atomic E-state index is -5.08. The molecule has 0 saturated carbocycles. The van der Waals surface area contributed by atoms with Gasteiger partial charge in [-0.15, -0.1) is 0 Å². The molecule has 2 fully saturated rings. The van der Waals surface area contributed by atoms with Crippen LogP contribution in [-0.2, 0) is 16.1 Å². The van der Waals surface area contributed by atoms with Crippen molar-refractivity contribution < 1.29 is 37.0 Å². The number of ether oxygens (including phenoxy) is 1. The maximum atomic E-state index is 12.6. The number of pyridine rings is 1. The van der Waals surface area contributed by atoms with Crippen LogP contribution in [0.4, 0.5) is 13.2 Å². The quantitative estimate of drug-likeness (QED) is 0.714. The number of aromatic nitrogens is 1. The van der Waals surface area contributed by atoms with Gasteiger partial charge in [0.05, 0.1) is 18.6 Å². The van der Waals surface area contributed by atoms with Crippen molar-refractivity contribution in [3.63, 3.8) is 0 Å². The number of hydrogen-bond donors (Lipinski definition) is 2. The standard InChI is InChI=1S/C19H23N3O3.C2HF3O2/c1-14-5-6-16(25-14)11-22-9-7-19(13-22)15(10-21-18(19)23)12-24-17-4-2-3-8-20-17;3-2(4,5)1(6)7/h2-6,8,15H,7,9-13H2,1H3,(H,21,23);(H,6,7)/t15-,19+;/m0./s1. The highest BCUT2D eigenvalue weighted by atomic mass is 19.4. The van der Waals surface area contributed by atoms with Crippen LogP contribution in [0.25, 0.3) is 0 Å². The van der Waals surface area contributed by atoms with Crippen molar-refractivity contribution >= 4 is 11.9 Å². The molecule has 0 aromatic carbocycles. The predicted molar refractivity (Wildman–Crippen MR) is 106 cm³/mol. The zero-order valence-electron chi connectivity index (χ0n) is 17.4. The van der Waals surface area contributed by atoms with Gasteiger partial charge in [-0.2, -0.15) is 13.2 Å². The normalized spacial score (nSPS) is 23.0. The summed E-state index contributed by atoms with van der Waals surface area (Å²) in [4.78, 5) is 28.0. The molecule has 0 radical (unpaired) electrons. The smallest absolute Gasteiger partial charge is 0.477 e. The maximum absolute atomic E-state index is 12.6. The monoisotopic (exact) mass is 455 g/mol. The van der Waals surface area contributed by atoms with Crippen LogP contribution in [-0.4, -0.2) is 59.3 Å². The Hall–Kier alpha value is -3.08. The molecule has 2 aliphatic heterocycles. The van der Waals surface area contributed by atoms with Crippen molar-refractivity contribution in [2.75, 3.05) is 26.2 Å². The van der Waals surface area contributed by atoms with E-state index in [0.717, 1.165) is 37.6 Å².